The minimum Gasteiger partial charge on any atom is -0.381 e. The maximum absolute atomic E-state index is 13.7. The minimum atomic E-state index is -3.63. The van der Waals surface area contributed by atoms with Gasteiger partial charge in [0.15, 0.2) is 9.84 Å². The molecule has 0 radical (unpaired) electrons. The standard InChI is InChI=1S/C20H24FNO3S/c1-3-25-13-20(12-22)18(15-5-4-6-16(21)11-15)19(20)26(23,24)17-9-7-14(2)8-10-17/h4-11,18-19H,3,12-13,22H2,1-2H3/t18-,19-,20-/m1/s1. The molecule has 6 heteroatoms. The summed E-state index contributed by atoms with van der Waals surface area (Å²) < 4.78 is 45.9. The highest BCUT2D eigenvalue weighted by atomic mass is 32.2. The Morgan fingerprint density at radius 3 is 2.46 bits per heavy atom. The topological polar surface area (TPSA) is 69.4 Å². The molecule has 0 saturated heterocycles. The van der Waals surface area contributed by atoms with Gasteiger partial charge < -0.3 is 10.5 Å². The van der Waals surface area contributed by atoms with Crippen molar-refractivity contribution in [1.29, 1.82) is 0 Å². The van der Waals surface area contributed by atoms with Crippen LogP contribution < -0.4 is 5.73 Å². The molecule has 4 nitrogen and oxygen atoms in total. The Morgan fingerprint density at radius 2 is 1.88 bits per heavy atom. The Kier molecular flexibility index (Phi) is 5.19. The van der Waals surface area contributed by atoms with Gasteiger partial charge in [-0.3, -0.25) is 0 Å². The zero-order valence-electron chi connectivity index (χ0n) is 15.0. The third-order valence-electron chi connectivity index (χ3n) is 5.23. The second-order valence-corrected chi connectivity index (χ2v) is 8.96. The van der Waals surface area contributed by atoms with Crippen LogP contribution in [0.2, 0.25) is 0 Å². The van der Waals surface area contributed by atoms with Crippen molar-refractivity contribution in [3.05, 3.63) is 65.5 Å². The van der Waals surface area contributed by atoms with E-state index in [4.69, 9.17) is 10.5 Å². The van der Waals surface area contributed by atoms with Crippen LogP contribution in [0.5, 0.6) is 0 Å². The number of hydrogen-bond acceptors (Lipinski definition) is 4. The summed E-state index contributed by atoms with van der Waals surface area (Å²) in [5.74, 6) is -0.774. The first-order valence-corrected chi connectivity index (χ1v) is 10.3. The number of aryl methyl sites for hydroxylation is 1. The molecular weight excluding hydrogens is 353 g/mol. The second-order valence-electron chi connectivity index (χ2n) is 6.89. The van der Waals surface area contributed by atoms with Gasteiger partial charge in [-0.25, -0.2) is 12.8 Å². The summed E-state index contributed by atoms with van der Waals surface area (Å²) in [7, 11) is -3.63. The molecule has 2 aromatic rings. The van der Waals surface area contributed by atoms with E-state index < -0.39 is 20.5 Å². The second kappa shape index (κ2) is 7.10. The third-order valence-corrected chi connectivity index (χ3v) is 7.57. The molecule has 3 rings (SSSR count). The zero-order valence-corrected chi connectivity index (χ0v) is 15.8. The fraction of sp³-hybridized carbons (Fsp3) is 0.400. The largest absolute Gasteiger partial charge is 0.381 e. The first-order chi connectivity index (χ1) is 12.4. The van der Waals surface area contributed by atoms with Crippen molar-refractivity contribution in [1.82, 2.24) is 0 Å². The van der Waals surface area contributed by atoms with Gasteiger partial charge >= 0.3 is 0 Å². The number of hydrogen-bond donors (Lipinski definition) is 1. The van der Waals surface area contributed by atoms with Gasteiger partial charge in [0, 0.05) is 24.5 Å². The molecule has 1 saturated carbocycles. The van der Waals surface area contributed by atoms with Gasteiger partial charge in [0.1, 0.15) is 5.82 Å². The van der Waals surface area contributed by atoms with Crippen molar-refractivity contribution in [2.45, 2.75) is 29.9 Å². The average molecular weight is 377 g/mol. The highest BCUT2D eigenvalue weighted by Gasteiger charge is 2.70. The number of halogens is 1. The summed E-state index contributed by atoms with van der Waals surface area (Å²) in [6.07, 6.45) is 0. The smallest absolute Gasteiger partial charge is 0.182 e. The van der Waals surface area contributed by atoms with Crippen molar-refractivity contribution in [3.63, 3.8) is 0 Å². The Bertz CT molecular complexity index is 882. The van der Waals surface area contributed by atoms with Crippen molar-refractivity contribution in [3.8, 4) is 0 Å². The van der Waals surface area contributed by atoms with Gasteiger partial charge in [0.25, 0.3) is 0 Å². The molecule has 2 N–H and O–H groups in total. The number of sulfone groups is 1. The lowest BCUT2D eigenvalue weighted by molar-refractivity contribution is 0.101. The third kappa shape index (κ3) is 3.17. The molecule has 1 fully saturated rings. The average Bonchev–Trinajstić information content (AvgIpc) is 3.31. The predicted molar refractivity (Wildman–Crippen MR) is 99.3 cm³/mol. The van der Waals surface area contributed by atoms with E-state index in [1.807, 2.05) is 13.8 Å². The van der Waals surface area contributed by atoms with Crippen molar-refractivity contribution >= 4 is 9.84 Å². The monoisotopic (exact) mass is 377 g/mol. The van der Waals surface area contributed by atoms with Gasteiger partial charge in [0.05, 0.1) is 16.8 Å². The van der Waals surface area contributed by atoms with E-state index in [9.17, 15) is 12.8 Å². The molecule has 1 aliphatic carbocycles. The van der Waals surface area contributed by atoms with Crippen molar-refractivity contribution < 1.29 is 17.5 Å². The zero-order chi connectivity index (χ0) is 18.9. The molecule has 0 aliphatic heterocycles. The van der Waals surface area contributed by atoms with Gasteiger partial charge in [-0.1, -0.05) is 29.8 Å². The van der Waals surface area contributed by atoms with Gasteiger partial charge in [-0.2, -0.15) is 0 Å². The summed E-state index contributed by atoms with van der Waals surface area (Å²) in [5.41, 5.74) is 6.92. The number of rotatable bonds is 7. The summed E-state index contributed by atoms with van der Waals surface area (Å²) in [6, 6.07) is 12.9. The van der Waals surface area contributed by atoms with Crippen LogP contribution in [0, 0.1) is 18.2 Å². The summed E-state index contributed by atoms with van der Waals surface area (Å²) in [6.45, 7) is 4.62. The lowest BCUT2D eigenvalue weighted by Gasteiger charge is -2.16. The number of nitrogens with two attached hydrogens (primary N) is 1. The van der Waals surface area contributed by atoms with E-state index >= 15 is 0 Å². The van der Waals surface area contributed by atoms with E-state index in [0.717, 1.165) is 5.56 Å². The molecule has 0 unspecified atom stereocenters. The van der Waals surface area contributed by atoms with Gasteiger partial charge in [-0.15, -0.1) is 0 Å². The highest BCUT2D eigenvalue weighted by Crippen LogP contribution is 2.63. The van der Waals surface area contributed by atoms with E-state index in [1.165, 1.54) is 12.1 Å². The molecule has 3 atom stereocenters. The summed E-state index contributed by atoms with van der Waals surface area (Å²) in [4.78, 5) is 0.265. The number of benzene rings is 2. The van der Waals surface area contributed by atoms with Crippen LogP contribution in [0.4, 0.5) is 4.39 Å². The van der Waals surface area contributed by atoms with Crippen LogP contribution in [0.15, 0.2) is 53.4 Å². The van der Waals surface area contributed by atoms with E-state index in [2.05, 4.69) is 0 Å². The van der Waals surface area contributed by atoms with Crippen LogP contribution in [0.1, 0.15) is 24.0 Å². The Labute approximate surface area is 154 Å². The normalized spacial score (nSPS) is 25.2. The molecular formula is C20H24FNO3S. The lowest BCUT2D eigenvalue weighted by atomic mass is 10.00. The molecule has 140 valence electrons. The molecule has 0 aromatic heterocycles. The SMILES string of the molecule is CCOC[C@]1(CN)[C@H](c2cccc(F)c2)[C@H]1S(=O)(=O)c1ccc(C)cc1. The molecule has 0 amide bonds. The molecule has 0 heterocycles. The molecule has 0 spiro atoms. The summed E-state index contributed by atoms with van der Waals surface area (Å²) in [5, 5.41) is -0.726. The fourth-order valence-corrected chi connectivity index (χ4v) is 6.23. The molecule has 26 heavy (non-hydrogen) atoms. The minimum absolute atomic E-state index is 0.157. The van der Waals surface area contributed by atoms with Crippen LogP contribution in [0.25, 0.3) is 0 Å². The van der Waals surface area contributed by atoms with E-state index in [-0.39, 0.29) is 29.8 Å². The molecule has 2 aromatic carbocycles. The maximum Gasteiger partial charge on any atom is 0.182 e. The van der Waals surface area contributed by atoms with Crippen LogP contribution in [0.3, 0.4) is 0 Å². The van der Waals surface area contributed by atoms with Crippen molar-refractivity contribution in [2.24, 2.45) is 11.1 Å². The van der Waals surface area contributed by atoms with Crippen LogP contribution in [-0.4, -0.2) is 33.4 Å². The Hall–Kier alpha value is -1.76. The molecule has 1 aliphatic rings. The van der Waals surface area contributed by atoms with Gasteiger partial charge in [0.2, 0.25) is 0 Å². The summed E-state index contributed by atoms with van der Waals surface area (Å²) >= 11 is 0. The highest BCUT2D eigenvalue weighted by molar-refractivity contribution is 7.92. The first-order valence-electron chi connectivity index (χ1n) is 8.70. The van der Waals surface area contributed by atoms with Gasteiger partial charge in [-0.05, 0) is 43.7 Å². The predicted octanol–water partition coefficient (Wildman–Crippen LogP) is 3.06. The van der Waals surface area contributed by atoms with Crippen LogP contribution >= 0.6 is 0 Å². The quantitative estimate of drug-likeness (QED) is 0.805. The lowest BCUT2D eigenvalue weighted by Crippen LogP contribution is -2.29. The Morgan fingerprint density at radius 1 is 1.19 bits per heavy atom. The van der Waals surface area contributed by atoms with Crippen LogP contribution in [-0.2, 0) is 14.6 Å². The van der Waals surface area contributed by atoms with Crippen molar-refractivity contribution in [2.75, 3.05) is 19.8 Å². The van der Waals surface area contributed by atoms with E-state index in [0.29, 0.717) is 12.2 Å². The van der Waals surface area contributed by atoms with E-state index in [1.54, 1.807) is 36.4 Å². The molecule has 0 bridgehead atoms. The number of ether oxygens (including phenoxy) is 1. The Balaban J connectivity index is 2.05. The fourth-order valence-electron chi connectivity index (χ4n) is 3.79. The first kappa shape index (κ1) is 19.0. The maximum atomic E-state index is 13.7.